The Labute approximate surface area is 116 Å². The van der Waals surface area contributed by atoms with Gasteiger partial charge in [0.15, 0.2) is 0 Å². The van der Waals surface area contributed by atoms with Crippen molar-refractivity contribution in [1.82, 2.24) is 10.2 Å². The van der Waals surface area contributed by atoms with Gasteiger partial charge in [-0.3, -0.25) is 4.90 Å². The Bertz CT molecular complexity index is 452. The molecule has 1 aliphatic heterocycles. The van der Waals surface area contributed by atoms with Crippen molar-refractivity contribution in [2.75, 3.05) is 13.1 Å². The molecule has 19 heavy (non-hydrogen) atoms. The number of nitrogens with one attached hydrogen (secondary N) is 1. The Kier molecular flexibility index (Phi) is 3.08. The summed E-state index contributed by atoms with van der Waals surface area (Å²) in [5.74, 6) is 0. The fraction of sp³-hybridized carbons (Fsp3) is 0.647. The van der Waals surface area contributed by atoms with E-state index < -0.39 is 0 Å². The Morgan fingerprint density at radius 1 is 1.05 bits per heavy atom. The summed E-state index contributed by atoms with van der Waals surface area (Å²) in [5.41, 5.74) is 3.14. The minimum atomic E-state index is 0.606. The highest BCUT2D eigenvalue weighted by molar-refractivity contribution is 5.32. The monoisotopic (exact) mass is 256 g/mol. The molecule has 2 nitrogen and oxygen atoms in total. The predicted molar refractivity (Wildman–Crippen MR) is 78.3 cm³/mol. The molecule has 2 atom stereocenters. The molecule has 0 amide bonds. The van der Waals surface area contributed by atoms with E-state index in [1.165, 1.54) is 51.6 Å². The van der Waals surface area contributed by atoms with Crippen molar-refractivity contribution < 1.29 is 0 Å². The Morgan fingerprint density at radius 3 is 2.84 bits per heavy atom. The van der Waals surface area contributed by atoms with Crippen LogP contribution >= 0.6 is 0 Å². The van der Waals surface area contributed by atoms with Gasteiger partial charge in [0, 0.05) is 31.2 Å². The van der Waals surface area contributed by atoms with Gasteiger partial charge in [0.2, 0.25) is 0 Å². The first kappa shape index (κ1) is 11.9. The zero-order valence-corrected chi connectivity index (χ0v) is 11.6. The Morgan fingerprint density at radius 2 is 1.95 bits per heavy atom. The van der Waals surface area contributed by atoms with Crippen molar-refractivity contribution in [2.24, 2.45) is 0 Å². The summed E-state index contributed by atoms with van der Waals surface area (Å²) in [6.45, 7) is 2.60. The quantitative estimate of drug-likeness (QED) is 0.894. The molecule has 4 rings (SSSR count). The SMILES string of the molecule is c1ccc2c(c1)CCCC2NC1CCN(C2CC2)C1. The smallest absolute Gasteiger partial charge is 0.0326 e. The van der Waals surface area contributed by atoms with Gasteiger partial charge in [-0.1, -0.05) is 24.3 Å². The maximum atomic E-state index is 3.94. The van der Waals surface area contributed by atoms with Gasteiger partial charge in [0.1, 0.15) is 0 Å². The van der Waals surface area contributed by atoms with Crippen molar-refractivity contribution in [3.63, 3.8) is 0 Å². The van der Waals surface area contributed by atoms with Crippen molar-refractivity contribution in [3.05, 3.63) is 35.4 Å². The number of aryl methyl sites for hydroxylation is 1. The van der Waals surface area contributed by atoms with Crippen LogP contribution in [0.2, 0.25) is 0 Å². The molecule has 1 heterocycles. The van der Waals surface area contributed by atoms with E-state index in [0.717, 1.165) is 12.1 Å². The number of nitrogens with zero attached hydrogens (tertiary/aromatic N) is 1. The molecule has 2 heteroatoms. The molecule has 0 aromatic heterocycles. The first-order valence-corrected chi connectivity index (χ1v) is 7.98. The number of fused-ring (bicyclic) bond motifs is 1. The van der Waals surface area contributed by atoms with Crippen LogP contribution in [0.3, 0.4) is 0 Å². The minimum Gasteiger partial charge on any atom is -0.306 e. The summed E-state index contributed by atoms with van der Waals surface area (Å²) in [5, 5.41) is 3.94. The summed E-state index contributed by atoms with van der Waals surface area (Å²) in [6, 6.07) is 11.3. The first-order chi connectivity index (χ1) is 9.40. The molecule has 1 aromatic carbocycles. The molecular weight excluding hydrogens is 232 g/mol. The summed E-state index contributed by atoms with van der Waals surface area (Å²) in [7, 11) is 0. The van der Waals surface area contributed by atoms with Crippen LogP contribution in [-0.4, -0.2) is 30.1 Å². The molecule has 2 fully saturated rings. The lowest BCUT2D eigenvalue weighted by atomic mass is 9.87. The number of hydrogen-bond donors (Lipinski definition) is 1. The van der Waals surface area contributed by atoms with Crippen LogP contribution in [0.25, 0.3) is 0 Å². The standard InChI is InChI=1S/C17H24N2/c1-2-6-16-13(4-1)5-3-7-17(16)18-14-10-11-19(12-14)15-8-9-15/h1-2,4,6,14-15,17-18H,3,5,7-12H2. The molecule has 1 saturated carbocycles. The Hall–Kier alpha value is -0.860. The van der Waals surface area contributed by atoms with E-state index in [2.05, 4.69) is 34.5 Å². The molecule has 0 spiro atoms. The molecule has 0 bridgehead atoms. The maximum absolute atomic E-state index is 3.94. The van der Waals surface area contributed by atoms with Gasteiger partial charge in [-0.2, -0.15) is 0 Å². The average molecular weight is 256 g/mol. The fourth-order valence-electron chi connectivity index (χ4n) is 3.91. The van der Waals surface area contributed by atoms with Crippen molar-refractivity contribution >= 4 is 0 Å². The van der Waals surface area contributed by atoms with Crippen LogP contribution in [0.5, 0.6) is 0 Å². The second kappa shape index (κ2) is 4.92. The third-order valence-corrected chi connectivity index (χ3v) is 5.09. The fourth-order valence-corrected chi connectivity index (χ4v) is 3.91. The van der Waals surface area contributed by atoms with E-state index in [4.69, 9.17) is 0 Å². The van der Waals surface area contributed by atoms with E-state index in [1.54, 1.807) is 11.1 Å². The molecule has 1 aromatic rings. The van der Waals surface area contributed by atoms with Crippen LogP contribution in [0.1, 0.15) is 49.3 Å². The molecule has 2 aliphatic carbocycles. The van der Waals surface area contributed by atoms with Gasteiger partial charge in [-0.25, -0.2) is 0 Å². The van der Waals surface area contributed by atoms with Gasteiger partial charge < -0.3 is 5.32 Å². The maximum Gasteiger partial charge on any atom is 0.0326 e. The van der Waals surface area contributed by atoms with Gasteiger partial charge >= 0.3 is 0 Å². The molecular formula is C17H24N2. The van der Waals surface area contributed by atoms with Gasteiger partial charge in [-0.15, -0.1) is 0 Å². The summed E-state index contributed by atoms with van der Waals surface area (Å²) in [6.07, 6.45) is 8.16. The Balaban J connectivity index is 1.43. The largest absolute Gasteiger partial charge is 0.306 e. The molecule has 102 valence electrons. The van der Waals surface area contributed by atoms with E-state index >= 15 is 0 Å². The predicted octanol–water partition coefficient (Wildman–Crippen LogP) is 2.89. The van der Waals surface area contributed by atoms with Crippen LogP contribution in [0, 0.1) is 0 Å². The molecule has 0 radical (unpaired) electrons. The van der Waals surface area contributed by atoms with E-state index in [9.17, 15) is 0 Å². The molecule has 1 saturated heterocycles. The van der Waals surface area contributed by atoms with Crippen LogP contribution in [0.15, 0.2) is 24.3 Å². The van der Waals surface area contributed by atoms with E-state index in [1.807, 2.05) is 0 Å². The molecule has 3 aliphatic rings. The summed E-state index contributed by atoms with van der Waals surface area (Å²) in [4.78, 5) is 2.70. The summed E-state index contributed by atoms with van der Waals surface area (Å²) < 4.78 is 0. The number of rotatable bonds is 3. The van der Waals surface area contributed by atoms with Crippen molar-refractivity contribution in [2.45, 2.75) is 56.7 Å². The second-order valence-electron chi connectivity index (χ2n) is 6.52. The minimum absolute atomic E-state index is 0.606. The normalized spacial score (nSPS) is 31.4. The third-order valence-electron chi connectivity index (χ3n) is 5.09. The van der Waals surface area contributed by atoms with Crippen LogP contribution < -0.4 is 5.32 Å². The average Bonchev–Trinajstić information content (AvgIpc) is 3.20. The lowest BCUT2D eigenvalue weighted by Crippen LogP contribution is -2.37. The van der Waals surface area contributed by atoms with Crippen LogP contribution in [0.4, 0.5) is 0 Å². The van der Waals surface area contributed by atoms with E-state index in [0.29, 0.717) is 6.04 Å². The van der Waals surface area contributed by atoms with Crippen LogP contribution in [-0.2, 0) is 6.42 Å². The first-order valence-electron chi connectivity index (χ1n) is 7.98. The lowest BCUT2D eigenvalue weighted by molar-refractivity contribution is 0.308. The van der Waals surface area contributed by atoms with E-state index in [-0.39, 0.29) is 0 Å². The highest BCUT2D eigenvalue weighted by Gasteiger charge is 2.35. The van der Waals surface area contributed by atoms with Crippen molar-refractivity contribution in [1.29, 1.82) is 0 Å². The highest BCUT2D eigenvalue weighted by atomic mass is 15.2. The number of likely N-dealkylation sites (tertiary alicyclic amines) is 1. The van der Waals surface area contributed by atoms with Gasteiger partial charge in [-0.05, 0) is 49.7 Å². The second-order valence-corrected chi connectivity index (χ2v) is 6.52. The number of benzene rings is 1. The van der Waals surface area contributed by atoms with Gasteiger partial charge in [0.25, 0.3) is 0 Å². The van der Waals surface area contributed by atoms with Crippen molar-refractivity contribution in [3.8, 4) is 0 Å². The summed E-state index contributed by atoms with van der Waals surface area (Å²) >= 11 is 0. The van der Waals surface area contributed by atoms with Gasteiger partial charge in [0.05, 0.1) is 0 Å². The topological polar surface area (TPSA) is 15.3 Å². The lowest BCUT2D eigenvalue weighted by Gasteiger charge is -2.29. The number of hydrogen-bond acceptors (Lipinski definition) is 2. The zero-order chi connectivity index (χ0) is 12.7. The molecule has 2 unspecified atom stereocenters. The highest BCUT2D eigenvalue weighted by Crippen LogP contribution is 2.33. The molecule has 1 N–H and O–H groups in total. The third kappa shape index (κ3) is 2.44. The zero-order valence-electron chi connectivity index (χ0n) is 11.6.